The van der Waals surface area contributed by atoms with Crippen molar-refractivity contribution in [3.05, 3.63) is 40.8 Å². The van der Waals surface area contributed by atoms with Gasteiger partial charge in [0.05, 0.1) is 21.4 Å². The zero-order valence-electron chi connectivity index (χ0n) is 11.7. The molecule has 0 N–H and O–H groups in total. The molecule has 0 saturated heterocycles. The summed E-state index contributed by atoms with van der Waals surface area (Å²) in [6.45, 7) is 4.31. The lowest BCUT2D eigenvalue weighted by Gasteiger charge is -2.09. The van der Waals surface area contributed by atoms with E-state index in [-0.39, 0.29) is 5.38 Å². The van der Waals surface area contributed by atoms with Crippen molar-refractivity contribution in [3.8, 4) is 0 Å². The first kappa shape index (κ1) is 14.4. The van der Waals surface area contributed by atoms with Gasteiger partial charge in [0.2, 0.25) is 5.89 Å². The molecule has 0 aliphatic heterocycles. The van der Waals surface area contributed by atoms with Gasteiger partial charge < -0.3 is 9.09 Å². The van der Waals surface area contributed by atoms with Crippen LogP contribution in [0, 0.1) is 6.92 Å². The Morgan fingerprint density at radius 2 is 2.14 bits per heavy atom. The maximum Gasteiger partial charge on any atom is 0.223 e. The van der Waals surface area contributed by atoms with Crippen molar-refractivity contribution in [2.24, 2.45) is 0 Å². The van der Waals surface area contributed by atoms with Gasteiger partial charge in [-0.25, -0.2) is 4.98 Å². The number of hydrogen-bond acceptors (Lipinski definition) is 4. The number of alkyl halides is 1. The van der Waals surface area contributed by atoms with E-state index in [1.54, 1.807) is 6.92 Å². The fourth-order valence-electron chi connectivity index (χ4n) is 2.34. The third kappa shape index (κ3) is 2.76. The SMILES string of the molecule is Cc1nc(CCn2c(C(C)Cl)nc3cccc(Cl)c32)no1. The van der Waals surface area contributed by atoms with Gasteiger partial charge in [-0.3, -0.25) is 0 Å². The summed E-state index contributed by atoms with van der Waals surface area (Å²) >= 11 is 12.6. The van der Waals surface area contributed by atoms with E-state index in [0.29, 0.717) is 29.7 Å². The van der Waals surface area contributed by atoms with Crippen LogP contribution in [-0.2, 0) is 13.0 Å². The second-order valence-corrected chi connectivity index (χ2v) is 5.89. The van der Waals surface area contributed by atoms with Crippen LogP contribution in [-0.4, -0.2) is 19.7 Å². The number of halogens is 2. The molecule has 7 heteroatoms. The molecule has 0 radical (unpaired) electrons. The molecule has 0 spiro atoms. The van der Waals surface area contributed by atoms with Crippen molar-refractivity contribution >= 4 is 34.2 Å². The summed E-state index contributed by atoms with van der Waals surface area (Å²) in [6, 6.07) is 5.66. The fraction of sp³-hybridized carbons (Fsp3) is 0.357. The lowest BCUT2D eigenvalue weighted by atomic mass is 10.3. The third-order valence-electron chi connectivity index (χ3n) is 3.23. The average Bonchev–Trinajstić information content (AvgIpc) is 3.01. The molecule has 0 fully saturated rings. The number of rotatable bonds is 4. The first-order valence-electron chi connectivity index (χ1n) is 6.64. The number of fused-ring (bicyclic) bond motifs is 1. The van der Waals surface area contributed by atoms with E-state index in [4.69, 9.17) is 27.7 Å². The van der Waals surface area contributed by atoms with Crippen LogP contribution in [0.25, 0.3) is 11.0 Å². The highest BCUT2D eigenvalue weighted by atomic mass is 35.5. The van der Waals surface area contributed by atoms with Crippen molar-refractivity contribution in [1.29, 1.82) is 0 Å². The van der Waals surface area contributed by atoms with Crippen LogP contribution in [0.2, 0.25) is 5.02 Å². The van der Waals surface area contributed by atoms with Crippen LogP contribution < -0.4 is 0 Å². The third-order valence-corrected chi connectivity index (χ3v) is 3.73. The second kappa shape index (κ2) is 5.66. The molecule has 0 aliphatic rings. The predicted molar refractivity (Wildman–Crippen MR) is 81.8 cm³/mol. The summed E-state index contributed by atoms with van der Waals surface area (Å²) < 4.78 is 7.01. The van der Waals surface area contributed by atoms with Crippen LogP contribution >= 0.6 is 23.2 Å². The van der Waals surface area contributed by atoms with E-state index in [1.165, 1.54) is 0 Å². The molecule has 3 aromatic rings. The molecule has 2 aromatic heterocycles. The molecule has 1 aromatic carbocycles. The van der Waals surface area contributed by atoms with Crippen molar-refractivity contribution in [2.75, 3.05) is 0 Å². The normalized spacial score (nSPS) is 13.0. The molecular weight excluding hydrogens is 311 g/mol. The van der Waals surface area contributed by atoms with Gasteiger partial charge in [-0.1, -0.05) is 22.8 Å². The van der Waals surface area contributed by atoms with Crippen molar-refractivity contribution < 1.29 is 4.52 Å². The number of aryl methyl sites for hydroxylation is 3. The van der Waals surface area contributed by atoms with Crippen LogP contribution in [0.4, 0.5) is 0 Å². The maximum absolute atomic E-state index is 6.31. The second-order valence-electron chi connectivity index (χ2n) is 4.82. The molecule has 0 bridgehead atoms. The molecule has 5 nitrogen and oxygen atoms in total. The lowest BCUT2D eigenvalue weighted by molar-refractivity contribution is 0.386. The van der Waals surface area contributed by atoms with Gasteiger partial charge in [0.25, 0.3) is 0 Å². The minimum atomic E-state index is -0.208. The van der Waals surface area contributed by atoms with Crippen LogP contribution in [0.3, 0.4) is 0 Å². The van der Waals surface area contributed by atoms with E-state index < -0.39 is 0 Å². The van der Waals surface area contributed by atoms with Gasteiger partial charge in [0.1, 0.15) is 5.82 Å². The van der Waals surface area contributed by atoms with Crippen molar-refractivity contribution in [1.82, 2.24) is 19.7 Å². The Morgan fingerprint density at radius 3 is 2.81 bits per heavy atom. The molecule has 21 heavy (non-hydrogen) atoms. The number of para-hydroxylation sites is 1. The van der Waals surface area contributed by atoms with E-state index >= 15 is 0 Å². The molecule has 110 valence electrons. The van der Waals surface area contributed by atoms with Crippen LogP contribution in [0.15, 0.2) is 22.7 Å². The van der Waals surface area contributed by atoms with Crippen LogP contribution in [0.5, 0.6) is 0 Å². The molecule has 1 unspecified atom stereocenters. The Kier molecular flexibility index (Phi) is 3.87. The average molecular weight is 325 g/mol. The Morgan fingerprint density at radius 1 is 1.33 bits per heavy atom. The van der Waals surface area contributed by atoms with Gasteiger partial charge in [-0.15, -0.1) is 11.6 Å². The monoisotopic (exact) mass is 324 g/mol. The highest BCUT2D eigenvalue weighted by Gasteiger charge is 2.17. The number of aromatic nitrogens is 4. The van der Waals surface area contributed by atoms with Gasteiger partial charge in [0, 0.05) is 19.9 Å². The molecule has 1 atom stereocenters. The number of nitrogens with zero attached hydrogens (tertiary/aromatic N) is 4. The molecule has 0 aliphatic carbocycles. The van der Waals surface area contributed by atoms with Crippen molar-refractivity contribution in [3.63, 3.8) is 0 Å². The Labute approximate surface area is 131 Å². The zero-order chi connectivity index (χ0) is 15.0. The summed E-state index contributed by atoms with van der Waals surface area (Å²) in [5.41, 5.74) is 1.73. The number of benzene rings is 1. The first-order valence-corrected chi connectivity index (χ1v) is 7.45. The van der Waals surface area contributed by atoms with E-state index in [9.17, 15) is 0 Å². The molecule has 0 saturated carbocycles. The summed E-state index contributed by atoms with van der Waals surface area (Å²) in [4.78, 5) is 8.78. The zero-order valence-corrected chi connectivity index (χ0v) is 13.2. The molecule has 2 heterocycles. The summed E-state index contributed by atoms with van der Waals surface area (Å²) in [7, 11) is 0. The minimum Gasteiger partial charge on any atom is -0.340 e. The molecular formula is C14H14Cl2N4O. The fourth-order valence-corrected chi connectivity index (χ4v) is 2.78. The molecule has 3 rings (SSSR count). The van der Waals surface area contributed by atoms with Crippen LogP contribution in [0.1, 0.15) is 29.8 Å². The molecule has 0 amide bonds. The Balaban J connectivity index is 2.00. The smallest absolute Gasteiger partial charge is 0.223 e. The summed E-state index contributed by atoms with van der Waals surface area (Å²) in [5, 5.41) is 4.36. The Bertz CT molecular complexity index is 778. The van der Waals surface area contributed by atoms with Gasteiger partial charge in [-0.05, 0) is 19.1 Å². The minimum absolute atomic E-state index is 0.208. The van der Waals surface area contributed by atoms with Crippen molar-refractivity contribution in [2.45, 2.75) is 32.2 Å². The standard InChI is InChI=1S/C14H14Cl2N4O/c1-8(15)14-18-11-5-3-4-10(16)13(11)20(14)7-6-12-17-9(2)21-19-12/h3-5,8H,6-7H2,1-2H3. The topological polar surface area (TPSA) is 56.7 Å². The summed E-state index contributed by atoms with van der Waals surface area (Å²) in [6.07, 6.45) is 0.630. The predicted octanol–water partition coefficient (Wildman–Crippen LogP) is 3.92. The van der Waals surface area contributed by atoms with Gasteiger partial charge in [-0.2, -0.15) is 4.98 Å². The van der Waals surface area contributed by atoms with E-state index in [0.717, 1.165) is 16.9 Å². The highest BCUT2D eigenvalue weighted by Crippen LogP contribution is 2.29. The van der Waals surface area contributed by atoms with E-state index in [2.05, 4.69) is 15.1 Å². The van der Waals surface area contributed by atoms with Gasteiger partial charge in [0.15, 0.2) is 5.82 Å². The van der Waals surface area contributed by atoms with Gasteiger partial charge >= 0.3 is 0 Å². The van der Waals surface area contributed by atoms with E-state index in [1.807, 2.05) is 29.7 Å². The lowest BCUT2D eigenvalue weighted by Crippen LogP contribution is -2.08. The quantitative estimate of drug-likeness (QED) is 0.682. The number of imidazole rings is 1. The Hall–Kier alpha value is -1.59. The maximum atomic E-state index is 6.31. The largest absolute Gasteiger partial charge is 0.340 e. The highest BCUT2D eigenvalue weighted by molar-refractivity contribution is 6.35. The summed E-state index contributed by atoms with van der Waals surface area (Å²) in [5.74, 6) is 2.01. The number of hydrogen-bond donors (Lipinski definition) is 0. The first-order chi connectivity index (χ1) is 10.1.